The van der Waals surface area contributed by atoms with E-state index < -0.39 is 5.82 Å². The minimum absolute atomic E-state index is 0.0355. The summed E-state index contributed by atoms with van der Waals surface area (Å²) in [6.07, 6.45) is 2.58. The van der Waals surface area contributed by atoms with Crippen LogP contribution in [0.5, 0.6) is 0 Å². The van der Waals surface area contributed by atoms with Crippen molar-refractivity contribution in [3.63, 3.8) is 0 Å². The van der Waals surface area contributed by atoms with Crippen molar-refractivity contribution in [1.82, 2.24) is 4.90 Å². The second-order valence-electron chi connectivity index (χ2n) is 5.66. The van der Waals surface area contributed by atoms with Crippen molar-refractivity contribution >= 4 is 29.1 Å². The van der Waals surface area contributed by atoms with Gasteiger partial charge in [0.05, 0.1) is 11.3 Å². The summed E-state index contributed by atoms with van der Waals surface area (Å²) in [5.74, 6) is -0.736. The van der Waals surface area contributed by atoms with Gasteiger partial charge in [-0.15, -0.1) is 0 Å². The number of carbonyl (C=O) groups excluding carboxylic acids is 2. The fourth-order valence-corrected chi connectivity index (χ4v) is 2.90. The monoisotopic (exact) mass is 350 g/mol. The smallest absolute Gasteiger partial charge is 0.289 e. The van der Waals surface area contributed by atoms with Crippen LogP contribution in [0.3, 0.4) is 0 Å². The lowest BCUT2D eigenvalue weighted by Crippen LogP contribution is -2.41. The minimum Gasteiger partial charge on any atom is -0.459 e. The second-order valence-corrected chi connectivity index (χ2v) is 6.07. The molecule has 0 unspecified atom stereocenters. The molecule has 2 heterocycles. The molecular formula is C17H16ClFN2O3. The van der Waals surface area contributed by atoms with E-state index >= 15 is 0 Å². The summed E-state index contributed by atoms with van der Waals surface area (Å²) >= 11 is 5.71. The molecule has 0 aliphatic carbocycles. The third kappa shape index (κ3) is 3.59. The van der Waals surface area contributed by atoms with E-state index in [0.29, 0.717) is 37.4 Å². The summed E-state index contributed by atoms with van der Waals surface area (Å²) in [5, 5.41) is 2.70. The highest BCUT2D eigenvalue weighted by molar-refractivity contribution is 6.31. The van der Waals surface area contributed by atoms with Gasteiger partial charge in [-0.25, -0.2) is 4.39 Å². The van der Waals surface area contributed by atoms with Crippen molar-refractivity contribution in [2.75, 3.05) is 18.4 Å². The molecule has 24 heavy (non-hydrogen) atoms. The molecule has 126 valence electrons. The Hall–Kier alpha value is -2.34. The van der Waals surface area contributed by atoms with Gasteiger partial charge in [0.15, 0.2) is 5.76 Å². The number of hydrogen-bond donors (Lipinski definition) is 1. The van der Waals surface area contributed by atoms with Crippen LogP contribution in [0, 0.1) is 11.7 Å². The summed E-state index contributed by atoms with van der Waals surface area (Å²) in [4.78, 5) is 26.2. The zero-order valence-corrected chi connectivity index (χ0v) is 13.6. The second kappa shape index (κ2) is 7.05. The molecule has 2 aromatic rings. The molecule has 7 heteroatoms. The summed E-state index contributed by atoms with van der Waals surface area (Å²) in [6, 6.07) is 7.35. The Morgan fingerprint density at radius 2 is 2.00 bits per heavy atom. The number of amides is 2. The summed E-state index contributed by atoms with van der Waals surface area (Å²) in [7, 11) is 0. The molecule has 1 aromatic carbocycles. The molecule has 0 atom stereocenters. The van der Waals surface area contributed by atoms with E-state index in [1.165, 1.54) is 24.5 Å². The Kier molecular flexibility index (Phi) is 4.85. The average Bonchev–Trinajstić information content (AvgIpc) is 3.12. The topological polar surface area (TPSA) is 62.6 Å². The average molecular weight is 351 g/mol. The first-order valence-electron chi connectivity index (χ1n) is 7.63. The number of carbonyl (C=O) groups is 2. The number of benzene rings is 1. The maximum Gasteiger partial charge on any atom is 0.289 e. The van der Waals surface area contributed by atoms with Crippen molar-refractivity contribution in [2.45, 2.75) is 12.8 Å². The van der Waals surface area contributed by atoms with Gasteiger partial charge in [0.1, 0.15) is 5.82 Å². The number of halogens is 2. The van der Waals surface area contributed by atoms with Gasteiger partial charge in [-0.05, 0) is 43.2 Å². The van der Waals surface area contributed by atoms with E-state index in [0.717, 1.165) is 0 Å². The first kappa shape index (κ1) is 16.5. The highest BCUT2D eigenvalue weighted by Crippen LogP contribution is 2.23. The van der Waals surface area contributed by atoms with Crippen LogP contribution in [0.2, 0.25) is 5.02 Å². The predicted octanol–water partition coefficient (Wildman–Crippen LogP) is 3.56. The van der Waals surface area contributed by atoms with Crippen LogP contribution in [-0.4, -0.2) is 29.8 Å². The quantitative estimate of drug-likeness (QED) is 0.920. The maximum absolute atomic E-state index is 13.1. The molecule has 5 nitrogen and oxygen atoms in total. The zero-order chi connectivity index (χ0) is 17.1. The van der Waals surface area contributed by atoms with Gasteiger partial charge in [0.2, 0.25) is 5.91 Å². The van der Waals surface area contributed by atoms with Crippen LogP contribution in [0.1, 0.15) is 23.4 Å². The largest absolute Gasteiger partial charge is 0.459 e. The number of rotatable bonds is 3. The number of hydrogen-bond acceptors (Lipinski definition) is 3. The van der Waals surface area contributed by atoms with Gasteiger partial charge in [-0.2, -0.15) is 0 Å². The molecule has 0 spiro atoms. The molecule has 0 bridgehead atoms. The maximum atomic E-state index is 13.1. The van der Waals surface area contributed by atoms with E-state index in [4.69, 9.17) is 16.0 Å². The fourth-order valence-electron chi connectivity index (χ4n) is 2.72. The SMILES string of the molecule is O=C(Nc1ccc(F)c(Cl)c1)C1CCN(C(=O)c2ccco2)CC1. The van der Waals surface area contributed by atoms with E-state index in [1.807, 2.05) is 0 Å². The van der Waals surface area contributed by atoms with Crippen molar-refractivity contribution in [1.29, 1.82) is 0 Å². The third-order valence-corrected chi connectivity index (χ3v) is 4.36. The molecule has 0 radical (unpaired) electrons. The summed E-state index contributed by atoms with van der Waals surface area (Å²) in [5.41, 5.74) is 0.459. The first-order chi connectivity index (χ1) is 11.5. The number of anilines is 1. The summed E-state index contributed by atoms with van der Waals surface area (Å²) < 4.78 is 18.2. The van der Waals surface area contributed by atoms with Crippen LogP contribution in [0.15, 0.2) is 41.0 Å². The van der Waals surface area contributed by atoms with E-state index in [1.54, 1.807) is 17.0 Å². The predicted molar refractivity (Wildman–Crippen MR) is 87.4 cm³/mol. The molecule has 2 amide bonds. The normalized spacial score (nSPS) is 15.3. The Morgan fingerprint density at radius 3 is 2.62 bits per heavy atom. The number of furan rings is 1. The van der Waals surface area contributed by atoms with Crippen LogP contribution in [-0.2, 0) is 4.79 Å². The Balaban J connectivity index is 1.55. The minimum atomic E-state index is -0.528. The molecule has 1 aliphatic heterocycles. The first-order valence-corrected chi connectivity index (χ1v) is 8.01. The zero-order valence-electron chi connectivity index (χ0n) is 12.8. The molecule has 1 saturated heterocycles. The molecule has 0 saturated carbocycles. The standard InChI is InChI=1S/C17H16ClFN2O3/c18-13-10-12(3-4-14(13)19)20-16(22)11-5-7-21(8-6-11)17(23)15-2-1-9-24-15/h1-4,9-11H,5-8H2,(H,20,22). The highest BCUT2D eigenvalue weighted by Gasteiger charge is 2.28. The lowest BCUT2D eigenvalue weighted by Gasteiger charge is -2.30. The van der Waals surface area contributed by atoms with E-state index in [9.17, 15) is 14.0 Å². The van der Waals surface area contributed by atoms with E-state index in [2.05, 4.69) is 5.32 Å². The molecule has 1 N–H and O–H groups in total. The van der Waals surface area contributed by atoms with Crippen LogP contribution < -0.4 is 5.32 Å². The van der Waals surface area contributed by atoms with Gasteiger partial charge in [0, 0.05) is 24.7 Å². The van der Waals surface area contributed by atoms with Gasteiger partial charge >= 0.3 is 0 Å². The number of nitrogens with zero attached hydrogens (tertiary/aromatic N) is 1. The molecule has 1 aromatic heterocycles. The van der Waals surface area contributed by atoms with Crippen LogP contribution in [0.4, 0.5) is 10.1 Å². The number of likely N-dealkylation sites (tertiary alicyclic amines) is 1. The van der Waals surface area contributed by atoms with Crippen molar-refractivity contribution in [2.24, 2.45) is 5.92 Å². The van der Waals surface area contributed by atoms with Crippen LogP contribution in [0.25, 0.3) is 0 Å². The van der Waals surface area contributed by atoms with Gasteiger partial charge in [-0.1, -0.05) is 11.6 Å². The van der Waals surface area contributed by atoms with Crippen molar-refractivity contribution in [3.8, 4) is 0 Å². The molecular weight excluding hydrogens is 335 g/mol. The van der Waals surface area contributed by atoms with Gasteiger partial charge < -0.3 is 14.6 Å². The van der Waals surface area contributed by atoms with E-state index in [-0.39, 0.29) is 22.8 Å². The lowest BCUT2D eigenvalue weighted by atomic mass is 9.95. The van der Waals surface area contributed by atoms with Gasteiger partial charge in [-0.3, -0.25) is 9.59 Å². The molecule has 3 rings (SSSR count). The van der Waals surface area contributed by atoms with Gasteiger partial charge in [0.25, 0.3) is 5.91 Å². The lowest BCUT2D eigenvalue weighted by molar-refractivity contribution is -0.121. The Morgan fingerprint density at radius 1 is 1.25 bits per heavy atom. The number of nitrogens with one attached hydrogen (secondary N) is 1. The van der Waals surface area contributed by atoms with Crippen LogP contribution >= 0.6 is 11.6 Å². The van der Waals surface area contributed by atoms with Crippen molar-refractivity contribution in [3.05, 3.63) is 53.2 Å². The Bertz CT molecular complexity index is 740. The Labute approximate surface area is 143 Å². The molecule has 1 fully saturated rings. The third-order valence-electron chi connectivity index (χ3n) is 4.07. The number of piperidine rings is 1. The summed E-state index contributed by atoms with van der Waals surface area (Å²) in [6.45, 7) is 0.976. The molecule has 1 aliphatic rings. The highest BCUT2D eigenvalue weighted by atomic mass is 35.5. The van der Waals surface area contributed by atoms with Crippen molar-refractivity contribution < 1.29 is 18.4 Å². The fraction of sp³-hybridized carbons (Fsp3) is 0.294.